The number of nitrogens with one attached hydrogen (secondary N) is 1. The smallest absolute Gasteiger partial charge is 0.115 e. The highest BCUT2D eigenvalue weighted by Crippen LogP contribution is 2.13. The van der Waals surface area contributed by atoms with E-state index in [0.29, 0.717) is 19.0 Å². The lowest BCUT2D eigenvalue weighted by Gasteiger charge is -2.20. The molecule has 0 saturated carbocycles. The summed E-state index contributed by atoms with van der Waals surface area (Å²) in [4.78, 5) is 0. The fourth-order valence-corrected chi connectivity index (χ4v) is 2.03. The largest absolute Gasteiger partial charge is 0.508 e. The van der Waals surface area contributed by atoms with Crippen molar-refractivity contribution in [2.24, 2.45) is 5.92 Å². The van der Waals surface area contributed by atoms with Crippen molar-refractivity contribution in [1.29, 1.82) is 0 Å². The average Bonchev–Trinajstić information content (AvgIpc) is 2.30. The summed E-state index contributed by atoms with van der Waals surface area (Å²) in [6.07, 6.45) is 1.72. The number of aromatic hydroxyl groups is 1. The Bertz CT molecular complexity index is 324. The van der Waals surface area contributed by atoms with Gasteiger partial charge in [-0.3, -0.25) is 0 Å². The first-order valence-corrected chi connectivity index (χ1v) is 6.34. The van der Waals surface area contributed by atoms with E-state index in [2.05, 4.69) is 19.2 Å². The van der Waals surface area contributed by atoms with Gasteiger partial charge in [0.25, 0.3) is 0 Å². The van der Waals surface area contributed by atoms with Crippen molar-refractivity contribution in [3.05, 3.63) is 29.8 Å². The molecular formula is C14H23NO2. The van der Waals surface area contributed by atoms with Crippen LogP contribution in [0.5, 0.6) is 5.75 Å². The van der Waals surface area contributed by atoms with E-state index >= 15 is 0 Å². The number of phenols is 1. The van der Waals surface area contributed by atoms with Crippen LogP contribution in [-0.2, 0) is 6.54 Å². The highest BCUT2D eigenvalue weighted by molar-refractivity contribution is 5.26. The average molecular weight is 237 g/mol. The molecule has 3 N–H and O–H groups in total. The molecule has 3 nitrogen and oxygen atoms in total. The summed E-state index contributed by atoms with van der Waals surface area (Å²) < 4.78 is 0. The van der Waals surface area contributed by atoms with E-state index in [1.165, 1.54) is 0 Å². The second-order valence-corrected chi connectivity index (χ2v) is 4.44. The molecule has 17 heavy (non-hydrogen) atoms. The van der Waals surface area contributed by atoms with Crippen LogP contribution in [0.15, 0.2) is 24.3 Å². The van der Waals surface area contributed by atoms with Gasteiger partial charge in [0.1, 0.15) is 5.75 Å². The van der Waals surface area contributed by atoms with Crippen molar-refractivity contribution in [3.63, 3.8) is 0 Å². The molecule has 0 heterocycles. The van der Waals surface area contributed by atoms with Crippen molar-refractivity contribution in [3.8, 4) is 5.75 Å². The summed E-state index contributed by atoms with van der Waals surface area (Å²) in [5, 5.41) is 22.5. The first-order valence-electron chi connectivity index (χ1n) is 6.34. The first kappa shape index (κ1) is 14.0. The van der Waals surface area contributed by atoms with Crippen LogP contribution in [0.3, 0.4) is 0 Å². The van der Waals surface area contributed by atoms with Crippen molar-refractivity contribution in [2.75, 3.05) is 6.54 Å². The van der Waals surface area contributed by atoms with E-state index in [0.717, 1.165) is 18.4 Å². The number of rotatable bonds is 7. The molecule has 0 aliphatic carbocycles. The zero-order valence-electron chi connectivity index (χ0n) is 10.7. The summed E-state index contributed by atoms with van der Waals surface area (Å²) in [7, 11) is 0. The van der Waals surface area contributed by atoms with Crippen LogP contribution in [0.1, 0.15) is 32.3 Å². The van der Waals surface area contributed by atoms with Crippen LogP contribution in [0.4, 0.5) is 0 Å². The molecule has 0 aromatic heterocycles. The summed E-state index contributed by atoms with van der Waals surface area (Å²) >= 11 is 0. The zero-order chi connectivity index (χ0) is 12.7. The minimum absolute atomic E-state index is 0.282. The summed E-state index contributed by atoms with van der Waals surface area (Å²) in [6, 6.07) is 7.17. The molecule has 0 aliphatic heterocycles. The topological polar surface area (TPSA) is 52.5 Å². The number of hydrogen-bond donors (Lipinski definition) is 3. The third-order valence-corrected chi connectivity index (χ3v) is 3.19. The van der Waals surface area contributed by atoms with Crippen LogP contribution in [0.25, 0.3) is 0 Å². The third-order valence-electron chi connectivity index (χ3n) is 3.19. The van der Waals surface area contributed by atoms with E-state index in [1.807, 2.05) is 12.1 Å². The highest BCUT2D eigenvalue weighted by Gasteiger charge is 2.14. The molecule has 3 heteroatoms. The van der Waals surface area contributed by atoms with Gasteiger partial charge in [0.05, 0.1) is 6.10 Å². The molecule has 1 atom stereocenters. The summed E-state index contributed by atoms with van der Waals surface area (Å²) in [5.74, 6) is 0.650. The Morgan fingerprint density at radius 3 is 2.53 bits per heavy atom. The Morgan fingerprint density at radius 1 is 1.24 bits per heavy atom. The van der Waals surface area contributed by atoms with E-state index in [4.69, 9.17) is 0 Å². The molecule has 0 fully saturated rings. The predicted octanol–water partition coefficient (Wildman–Crippen LogP) is 2.28. The van der Waals surface area contributed by atoms with Crippen LogP contribution >= 0.6 is 0 Å². The van der Waals surface area contributed by atoms with Gasteiger partial charge in [0, 0.05) is 13.1 Å². The van der Waals surface area contributed by atoms with Crippen LogP contribution in [0, 0.1) is 5.92 Å². The number of aliphatic hydroxyl groups excluding tert-OH is 1. The van der Waals surface area contributed by atoms with Gasteiger partial charge in [-0.05, 0) is 23.6 Å². The molecular weight excluding hydrogens is 214 g/mol. The second kappa shape index (κ2) is 7.30. The van der Waals surface area contributed by atoms with Gasteiger partial charge < -0.3 is 15.5 Å². The highest BCUT2D eigenvalue weighted by atomic mass is 16.3. The fourth-order valence-electron chi connectivity index (χ4n) is 2.03. The molecule has 0 spiro atoms. The molecule has 1 aromatic carbocycles. The number of hydrogen-bond acceptors (Lipinski definition) is 3. The van der Waals surface area contributed by atoms with Gasteiger partial charge in [-0.1, -0.05) is 38.8 Å². The van der Waals surface area contributed by atoms with Gasteiger partial charge in [-0.25, -0.2) is 0 Å². The Labute approximate surface area is 103 Å². The Morgan fingerprint density at radius 2 is 1.94 bits per heavy atom. The van der Waals surface area contributed by atoms with Crippen LogP contribution < -0.4 is 5.32 Å². The third kappa shape index (κ3) is 4.75. The Balaban J connectivity index is 2.32. The van der Waals surface area contributed by atoms with E-state index in [1.54, 1.807) is 12.1 Å². The minimum Gasteiger partial charge on any atom is -0.508 e. The fraction of sp³-hybridized carbons (Fsp3) is 0.571. The molecule has 1 unspecified atom stereocenters. The number of phenolic OH excluding ortho intramolecular Hbond substituents is 1. The molecule has 1 aromatic rings. The predicted molar refractivity (Wildman–Crippen MR) is 69.9 cm³/mol. The maximum absolute atomic E-state index is 9.93. The van der Waals surface area contributed by atoms with Crippen molar-refractivity contribution in [1.82, 2.24) is 5.32 Å². The van der Waals surface area contributed by atoms with Gasteiger partial charge in [0.15, 0.2) is 0 Å². The van der Waals surface area contributed by atoms with Gasteiger partial charge >= 0.3 is 0 Å². The first-order chi connectivity index (χ1) is 8.17. The zero-order valence-corrected chi connectivity index (χ0v) is 10.7. The molecule has 96 valence electrons. The van der Waals surface area contributed by atoms with E-state index < -0.39 is 0 Å². The molecule has 1 rings (SSSR count). The SMILES string of the molecule is CCC(CC)C(O)CNCc1cccc(O)c1. The molecule has 0 bridgehead atoms. The van der Waals surface area contributed by atoms with Crippen molar-refractivity contribution >= 4 is 0 Å². The Hall–Kier alpha value is -1.06. The maximum atomic E-state index is 9.93. The Kier molecular flexibility index (Phi) is 6.01. The molecule has 0 aliphatic rings. The standard InChI is InChI=1S/C14H23NO2/c1-3-12(4-2)14(17)10-15-9-11-6-5-7-13(16)8-11/h5-8,12,14-17H,3-4,9-10H2,1-2H3. The monoisotopic (exact) mass is 237 g/mol. The van der Waals surface area contributed by atoms with Crippen LogP contribution in [-0.4, -0.2) is 22.9 Å². The second-order valence-electron chi connectivity index (χ2n) is 4.44. The molecule has 0 amide bonds. The quantitative estimate of drug-likeness (QED) is 0.682. The molecule has 0 saturated heterocycles. The van der Waals surface area contributed by atoms with Crippen molar-refractivity contribution in [2.45, 2.75) is 39.3 Å². The lowest BCUT2D eigenvalue weighted by atomic mass is 9.96. The molecule has 0 radical (unpaired) electrons. The van der Waals surface area contributed by atoms with Gasteiger partial charge in [-0.2, -0.15) is 0 Å². The normalized spacial score (nSPS) is 12.9. The number of aliphatic hydroxyl groups is 1. The maximum Gasteiger partial charge on any atom is 0.115 e. The van der Waals surface area contributed by atoms with Gasteiger partial charge in [0.2, 0.25) is 0 Å². The number of benzene rings is 1. The summed E-state index contributed by atoms with van der Waals surface area (Å²) in [5.41, 5.74) is 1.03. The van der Waals surface area contributed by atoms with E-state index in [-0.39, 0.29) is 11.9 Å². The van der Waals surface area contributed by atoms with E-state index in [9.17, 15) is 10.2 Å². The summed E-state index contributed by atoms with van der Waals surface area (Å²) in [6.45, 7) is 5.48. The minimum atomic E-state index is -0.290. The van der Waals surface area contributed by atoms with Crippen molar-refractivity contribution < 1.29 is 10.2 Å². The lowest BCUT2D eigenvalue weighted by Crippen LogP contribution is -2.32. The lowest BCUT2D eigenvalue weighted by molar-refractivity contribution is 0.101. The van der Waals surface area contributed by atoms with Crippen LogP contribution in [0.2, 0.25) is 0 Å². The van der Waals surface area contributed by atoms with Gasteiger partial charge in [-0.15, -0.1) is 0 Å².